The van der Waals surface area contributed by atoms with E-state index in [0.717, 1.165) is 12.8 Å². The summed E-state index contributed by atoms with van der Waals surface area (Å²) >= 11 is 0. The first kappa shape index (κ1) is 13.8. The number of azide groups is 1. The van der Waals surface area contributed by atoms with Crippen LogP contribution in [0.25, 0.3) is 10.4 Å². The number of nitrogens with one attached hydrogen (secondary N) is 1. The molecule has 0 saturated carbocycles. The number of rotatable bonds is 7. The maximum atomic E-state index is 11.8. The third-order valence-corrected chi connectivity index (χ3v) is 2.24. The topological polar surface area (TPSA) is 100.0 Å². The van der Waals surface area contributed by atoms with E-state index in [4.69, 9.17) is 10.3 Å². The Morgan fingerprint density at radius 3 is 3.17 bits per heavy atom. The number of methoxy groups -OCH3 is 1. The van der Waals surface area contributed by atoms with Gasteiger partial charge in [0, 0.05) is 24.2 Å². The summed E-state index contributed by atoms with van der Waals surface area (Å²) in [5.41, 5.74) is 8.50. The second-order valence-corrected chi connectivity index (χ2v) is 3.48. The molecule has 1 rings (SSSR count). The van der Waals surface area contributed by atoms with Gasteiger partial charge < -0.3 is 10.1 Å². The minimum absolute atomic E-state index is 0.219. The summed E-state index contributed by atoms with van der Waals surface area (Å²) in [4.78, 5) is 18.4. The number of ether oxygens (including phenoxy) is 1. The summed E-state index contributed by atoms with van der Waals surface area (Å²) in [6.07, 6.45) is 3.07. The number of hydrogen-bond acceptors (Lipinski definition) is 4. The average Bonchev–Trinajstić information content (AvgIpc) is 2.42. The summed E-state index contributed by atoms with van der Waals surface area (Å²) in [6.45, 7) is 0.973. The maximum absolute atomic E-state index is 11.8. The van der Waals surface area contributed by atoms with Crippen molar-refractivity contribution in [3.8, 4) is 5.88 Å². The largest absolute Gasteiger partial charge is 0.480 e. The second-order valence-electron chi connectivity index (χ2n) is 3.48. The smallest absolute Gasteiger partial charge is 0.256 e. The summed E-state index contributed by atoms with van der Waals surface area (Å²) in [7, 11) is 1.47. The van der Waals surface area contributed by atoms with Gasteiger partial charge in [-0.15, -0.1) is 0 Å². The fraction of sp³-hybridized carbons (Fsp3) is 0.455. The third kappa shape index (κ3) is 4.31. The lowest BCUT2D eigenvalue weighted by Crippen LogP contribution is -2.25. The molecule has 18 heavy (non-hydrogen) atoms. The number of nitrogens with zero attached hydrogens (tertiary/aromatic N) is 4. The van der Waals surface area contributed by atoms with E-state index in [1.54, 1.807) is 18.3 Å². The molecule has 1 aromatic rings. The molecule has 1 aromatic heterocycles. The number of hydrogen-bond donors (Lipinski definition) is 1. The molecule has 0 aliphatic heterocycles. The molecule has 0 aromatic carbocycles. The van der Waals surface area contributed by atoms with Crippen molar-refractivity contribution in [2.24, 2.45) is 5.11 Å². The molecule has 7 heteroatoms. The van der Waals surface area contributed by atoms with Crippen LogP contribution < -0.4 is 10.1 Å². The fourth-order valence-electron chi connectivity index (χ4n) is 1.38. The molecule has 1 amide bonds. The predicted molar refractivity (Wildman–Crippen MR) is 66.4 cm³/mol. The number of pyridine rings is 1. The molecule has 0 fully saturated rings. The number of carbonyl (C=O) groups excluding carboxylic acids is 1. The predicted octanol–water partition coefficient (Wildman–Crippen LogP) is 1.91. The third-order valence-electron chi connectivity index (χ3n) is 2.24. The Hall–Kier alpha value is -2.27. The van der Waals surface area contributed by atoms with Crippen molar-refractivity contribution in [2.75, 3.05) is 20.2 Å². The Morgan fingerprint density at radius 2 is 2.44 bits per heavy atom. The van der Waals surface area contributed by atoms with Gasteiger partial charge in [0.1, 0.15) is 5.56 Å². The van der Waals surface area contributed by atoms with E-state index in [2.05, 4.69) is 20.3 Å². The van der Waals surface area contributed by atoms with Crippen molar-refractivity contribution >= 4 is 5.91 Å². The first-order chi connectivity index (χ1) is 8.79. The molecule has 0 radical (unpaired) electrons. The molecule has 0 aliphatic rings. The highest BCUT2D eigenvalue weighted by Gasteiger charge is 2.11. The Bertz CT molecular complexity index is 443. The van der Waals surface area contributed by atoms with Crippen LogP contribution in [0.5, 0.6) is 5.88 Å². The van der Waals surface area contributed by atoms with Crippen LogP contribution in [0.15, 0.2) is 23.4 Å². The molecule has 0 atom stereocenters. The lowest BCUT2D eigenvalue weighted by atomic mass is 10.2. The zero-order valence-electron chi connectivity index (χ0n) is 10.2. The highest BCUT2D eigenvalue weighted by Crippen LogP contribution is 2.12. The minimum Gasteiger partial charge on any atom is -0.480 e. The second kappa shape index (κ2) is 7.92. The Morgan fingerprint density at radius 1 is 1.61 bits per heavy atom. The minimum atomic E-state index is -0.219. The van der Waals surface area contributed by atoms with E-state index in [-0.39, 0.29) is 5.91 Å². The van der Waals surface area contributed by atoms with Crippen molar-refractivity contribution < 1.29 is 9.53 Å². The molecule has 0 spiro atoms. The van der Waals surface area contributed by atoms with E-state index < -0.39 is 0 Å². The molecular formula is C11H15N5O2. The van der Waals surface area contributed by atoms with Gasteiger partial charge in [-0.25, -0.2) is 4.98 Å². The highest BCUT2D eigenvalue weighted by atomic mass is 16.5. The maximum Gasteiger partial charge on any atom is 0.256 e. The Balaban J connectivity index is 2.38. The van der Waals surface area contributed by atoms with Crippen LogP contribution in [-0.2, 0) is 0 Å². The van der Waals surface area contributed by atoms with Crippen LogP contribution >= 0.6 is 0 Å². The monoisotopic (exact) mass is 249 g/mol. The van der Waals surface area contributed by atoms with Crippen molar-refractivity contribution in [1.82, 2.24) is 10.3 Å². The zero-order chi connectivity index (χ0) is 13.2. The number of aromatic nitrogens is 1. The van der Waals surface area contributed by atoms with Gasteiger partial charge >= 0.3 is 0 Å². The molecule has 1 heterocycles. The van der Waals surface area contributed by atoms with E-state index in [0.29, 0.717) is 24.5 Å². The van der Waals surface area contributed by atoms with Crippen molar-refractivity contribution in [1.29, 1.82) is 0 Å². The number of unbranched alkanes of at least 4 members (excludes halogenated alkanes) is 1. The lowest BCUT2D eigenvalue weighted by Gasteiger charge is -2.07. The Labute approximate surface area is 105 Å². The van der Waals surface area contributed by atoms with Crippen LogP contribution in [0.3, 0.4) is 0 Å². The normalized spacial score (nSPS) is 9.39. The molecule has 0 saturated heterocycles. The first-order valence-corrected chi connectivity index (χ1v) is 5.57. The summed E-state index contributed by atoms with van der Waals surface area (Å²) < 4.78 is 5.00. The summed E-state index contributed by atoms with van der Waals surface area (Å²) in [6, 6.07) is 3.33. The lowest BCUT2D eigenvalue weighted by molar-refractivity contribution is 0.0949. The first-order valence-electron chi connectivity index (χ1n) is 5.57. The van der Waals surface area contributed by atoms with Gasteiger partial charge in [0.05, 0.1) is 7.11 Å². The van der Waals surface area contributed by atoms with Gasteiger partial charge in [-0.3, -0.25) is 4.79 Å². The Kier molecular flexibility index (Phi) is 6.07. The summed E-state index contributed by atoms with van der Waals surface area (Å²) in [5.74, 6) is 0.0906. The van der Waals surface area contributed by atoms with E-state index >= 15 is 0 Å². The molecule has 96 valence electrons. The molecular weight excluding hydrogens is 234 g/mol. The molecule has 7 nitrogen and oxygen atoms in total. The molecule has 0 bridgehead atoms. The van der Waals surface area contributed by atoms with Gasteiger partial charge in [0.2, 0.25) is 5.88 Å². The number of amides is 1. The zero-order valence-corrected chi connectivity index (χ0v) is 10.2. The fourth-order valence-corrected chi connectivity index (χ4v) is 1.38. The van der Waals surface area contributed by atoms with Crippen LogP contribution in [0.1, 0.15) is 23.2 Å². The van der Waals surface area contributed by atoms with Crippen LogP contribution in [-0.4, -0.2) is 31.1 Å². The van der Waals surface area contributed by atoms with E-state index in [1.165, 1.54) is 7.11 Å². The highest BCUT2D eigenvalue weighted by molar-refractivity contribution is 5.96. The molecule has 1 N–H and O–H groups in total. The SMILES string of the molecule is COc1ncccc1C(=O)NCCCCN=[N+]=[N-]. The quantitative estimate of drug-likeness (QED) is 0.345. The van der Waals surface area contributed by atoms with E-state index in [1.807, 2.05) is 0 Å². The van der Waals surface area contributed by atoms with Crippen molar-refractivity contribution in [3.05, 3.63) is 34.3 Å². The van der Waals surface area contributed by atoms with Crippen LogP contribution in [0.4, 0.5) is 0 Å². The average molecular weight is 249 g/mol. The summed E-state index contributed by atoms with van der Waals surface area (Å²) in [5, 5.41) is 6.17. The van der Waals surface area contributed by atoms with Gasteiger partial charge in [0.15, 0.2) is 0 Å². The van der Waals surface area contributed by atoms with Crippen molar-refractivity contribution in [2.45, 2.75) is 12.8 Å². The molecule has 0 aliphatic carbocycles. The molecule has 0 unspecified atom stereocenters. The van der Waals surface area contributed by atoms with Crippen LogP contribution in [0.2, 0.25) is 0 Å². The standard InChI is InChI=1S/C11H15N5O2/c1-18-11-9(5-4-7-14-11)10(17)13-6-2-3-8-15-16-12/h4-5,7H,2-3,6,8H2,1H3,(H,13,17). The van der Waals surface area contributed by atoms with Crippen molar-refractivity contribution in [3.63, 3.8) is 0 Å². The van der Waals surface area contributed by atoms with Gasteiger partial charge in [-0.05, 0) is 30.5 Å². The van der Waals surface area contributed by atoms with Crippen LogP contribution in [0, 0.1) is 0 Å². The van der Waals surface area contributed by atoms with Gasteiger partial charge in [0.25, 0.3) is 5.91 Å². The van der Waals surface area contributed by atoms with Gasteiger partial charge in [-0.1, -0.05) is 5.11 Å². The number of carbonyl (C=O) groups is 1. The van der Waals surface area contributed by atoms with Gasteiger partial charge in [-0.2, -0.15) is 0 Å². The van der Waals surface area contributed by atoms with E-state index in [9.17, 15) is 4.79 Å².